The van der Waals surface area contributed by atoms with Crippen molar-refractivity contribution in [3.8, 4) is 23.0 Å². The highest BCUT2D eigenvalue weighted by atomic mass is 16.5. The van der Waals surface area contributed by atoms with E-state index in [0.717, 1.165) is 91.7 Å². The Morgan fingerprint density at radius 3 is 1.05 bits per heavy atom. The smallest absolute Gasteiger partial charge is 0.200 e. The number of methoxy groups -OCH3 is 4. The van der Waals surface area contributed by atoms with Crippen molar-refractivity contribution in [3.05, 3.63) is 178 Å². The van der Waals surface area contributed by atoms with Crippen LogP contribution in [0.3, 0.4) is 0 Å². The van der Waals surface area contributed by atoms with Crippen LogP contribution in [0.4, 0.5) is 11.4 Å². The molecule has 0 bridgehead atoms. The number of ether oxygens (including phenoxy) is 6. The molecular formula is C52H56N2O6. The second-order valence-electron chi connectivity index (χ2n) is 14.8. The maximum atomic E-state index is 6.62. The third-order valence-corrected chi connectivity index (χ3v) is 10.3. The van der Waals surface area contributed by atoms with Gasteiger partial charge in [0.15, 0.2) is 0 Å². The minimum atomic E-state index is -0.398. The van der Waals surface area contributed by atoms with E-state index in [2.05, 4.69) is 64.1 Å². The molecule has 0 aliphatic carbocycles. The number of aliphatic imine (C=N–C) groups is 2. The van der Waals surface area contributed by atoms with Crippen molar-refractivity contribution in [1.82, 2.24) is 0 Å². The van der Waals surface area contributed by atoms with Crippen LogP contribution in [0.5, 0.6) is 23.0 Å². The van der Waals surface area contributed by atoms with Crippen molar-refractivity contribution >= 4 is 23.2 Å². The summed E-state index contributed by atoms with van der Waals surface area (Å²) in [6.45, 7) is 9.28. The fourth-order valence-corrected chi connectivity index (χ4v) is 7.36. The third-order valence-electron chi connectivity index (χ3n) is 10.3. The molecule has 0 fully saturated rings. The van der Waals surface area contributed by atoms with Crippen molar-refractivity contribution in [1.29, 1.82) is 0 Å². The van der Waals surface area contributed by atoms with E-state index in [1.54, 1.807) is 28.4 Å². The van der Waals surface area contributed by atoms with Crippen molar-refractivity contribution in [3.63, 3.8) is 0 Å². The van der Waals surface area contributed by atoms with Crippen LogP contribution in [0, 0.1) is 27.7 Å². The molecule has 0 N–H and O–H groups in total. The average molecular weight is 805 g/mol. The SMILES string of the molecule is CO/C(=N\c1ccccc1)C(c1cc(C)ccc1OC)c1cc(C)ccc1OCCCCOc1ccc(C)cc1C(/C(=N/c1ccccc1)OC)c1cc(C)ccc1OC. The van der Waals surface area contributed by atoms with E-state index < -0.39 is 11.8 Å². The minimum Gasteiger partial charge on any atom is -0.496 e. The first-order chi connectivity index (χ1) is 29.2. The average Bonchev–Trinajstić information content (AvgIpc) is 3.26. The molecule has 0 radical (unpaired) electrons. The number of aryl methyl sites for hydroxylation is 4. The van der Waals surface area contributed by atoms with Crippen molar-refractivity contribution in [2.75, 3.05) is 41.7 Å². The molecule has 0 heterocycles. The van der Waals surface area contributed by atoms with Gasteiger partial charge in [0.1, 0.15) is 23.0 Å². The molecule has 8 heteroatoms. The van der Waals surface area contributed by atoms with E-state index in [4.69, 9.17) is 38.4 Å². The maximum Gasteiger partial charge on any atom is 0.200 e. The van der Waals surface area contributed by atoms with Gasteiger partial charge in [-0.3, -0.25) is 0 Å². The summed E-state index contributed by atoms with van der Waals surface area (Å²) >= 11 is 0. The first kappa shape index (κ1) is 43.0. The second-order valence-corrected chi connectivity index (χ2v) is 14.8. The van der Waals surface area contributed by atoms with E-state index in [9.17, 15) is 0 Å². The Kier molecular flexibility index (Phi) is 15.0. The third kappa shape index (κ3) is 10.7. The van der Waals surface area contributed by atoms with Gasteiger partial charge in [0.25, 0.3) is 0 Å². The number of hydrogen-bond donors (Lipinski definition) is 0. The summed E-state index contributed by atoms with van der Waals surface area (Å²) in [7, 11) is 6.71. The van der Waals surface area contributed by atoms with E-state index in [0.29, 0.717) is 25.0 Å². The molecule has 0 amide bonds. The molecule has 0 saturated carbocycles. The normalized spacial score (nSPS) is 12.7. The Morgan fingerprint density at radius 2 is 0.733 bits per heavy atom. The van der Waals surface area contributed by atoms with Crippen LogP contribution in [-0.4, -0.2) is 53.4 Å². The van der Waals surface area contributed by atoms with Crippen LogP contribution in [0.15, 0.2) is 143 Å². The predicted molar refractivity (Wildman–Crippen MR) is 243 cm³/mol. The van der Waals surface area contributed by atoms with Gasteiger partial charge in [-0.15, -0.1) is 0 Å². The van der Waals surface area contributed by atoms with E-state index >= 15 is 0 Å². The fraction of sp³-hybridized carbons (Fsp3) is 0.269. The van der Waals surface area contributed by atoms with Gasteiger partial charge < -0.3 is 28.4 Å². The van der Waals surface area contributed by atoms with Crippen LogP contribution in [0.25, 0.3) is 0 Å². The summed E-state index contributed by atoms with van der Waals surface area (Å²) in [4.78, 5) is 9.99. The summed E-state index contributed by atoms with van der Waals surface area (Å²) in [6.07, 6.45) is 1.52. The Balaban J connectivity index is 1.25. The van der Waals surface area contributed by atoms with Gasteiger partial charge in [0.05, 0.1) is 64.9 Å². The zero-order valence-corrected chi connectivity index (χ0v) is 36.0. The lowest BCUT2D eigenvalue weighted by Gasteiger charge is -2.25. The van der Waals surface area contributed by atoms with Crippen LogP contribution in [0.2, 0.25) is 0 Å². The summed E-state index contributed by atoms with van der Waals surface area (Å²) < 4.78 is 37.2. The minimum absolute atomic E-state index is 0.398. The van der Waals surface area contributed by atoms with Crippen molar-refractivity contribution in [2.45, 2.75) is 52.4 Å². The first-order valence-corrected chi connectivity index (χ1v) is 20.3. The standard InChI is InChI=1S/C52H56N2O6/c1-35-21-25-45(55-5)41(31-35)49(51(57-7)53-39-17-11-9-12-18-39)43-33-37(3)23-27-47(43)59-29-15-16-30-60-48-28-24-38(4)34-44(48)50(42-32-36(2)22-26-46(42)56-6)52(58-8)54-40-19-13-10-14-20-40/h9-14,17-28,31-34,49-50H,15-16,29-30H2,1-8H3/b53-51-,54-52-. The highest BCUT2D eigenvalue weighted by Crippen LogP contribution is 2.41. The predicted octanol–water partition coefficient (Wildman–Crippen LogP) is 12.2. The summed E-state index contributed by atoms with van der Waals surface area (Å²) in [6, 6.07) is 44.5. The molecule has 0 aliphatic rings. The zero-order valence-electron chi connectivity index (χ0n) is 36.0. The van der Waals surface area contributed by atoms with E-state index in [1.807, 2.05) is 97.1 Å². The number of nitrogens with zero attached hydrogens (tertiary/aromatic N) is 2. The van der Waals surface area contributed by atoms with E-state index in [1.165, 1.54) is 0 Å². The number of para-hydroxylation sites is 2. The van der Waals surface area contributed by atoms with Gasteiger partial charge >= 0.3 is 0 Å². The highest BCUT2D eigenvalue weighted by Gasteiger charge is 2.30. The first-order valence-electron chi connectivity index (χ1n) is 20.3. The second kappa shape index (κ2) is 20.9. The molecule has 6 aromatic carbocycles. The Morgan fingerprint density at radius 1 is 0.417 bits per heavy atom. The fourth-order valence-electron chi connectivity index (χ4n) is 7.36. The Bertz CT molecular complexity index is 2220. The van der Waals surface area contributed by atoms with Crippen LogP contribution in [0.1, 0.15) is 69.2 Å². The summed E-state index contributed by atoms with van der Waals surface area (Å²) in [5, 5.41) is 0. The molecular weight excluding hydrogens is 749 g/mol. The molecule has 6 rings (SSSR count). The molecule has 2 atom stereocenters. The van der Waals surface area contributed by atoms with Crippen molar-refractivity contribution in [2.24, 2.45) is 9.98 Å². The van der Waals surface area contributed by atoms with Gasteiger partial charge in [0.2, 0.25) is 11.8 Å². The quantitative estimate of drug-likeness (QED) is 0.0519. The van der Waals surface area contributed by atoms with Crippen LogP contribution in [-0.2, 0) is 9.47 Å². The molecule has 0 saturated heterocycles. The monoisotopic (exact) mass is 804 g/mol. The molecule has 0 spiro atoms. The molecule has 8 nitrogen and oxygen atoms in total. The topological polar surface area (TPSA) is 80.1 Å². The van der Waals surface area contributed by atoms with Gasteiger partial charge in [0, 0.05) is 22.3 Å². The Labute approximate surface area is 355 Å². The lowest BCUT2D eigenvalue weighted by molar-refractivity contribution is 0.263. The Hall–Kier alpha value is -6.54. The summed E-state index contributed by atoms with van der Waals surface area (Å²) in [5.41, 5.74) is 9.76. The van der Waals surface area contributed by atoms with Gasteiger partial charge in [-0.2, -0.15) is 0 Å². The van der Waals surface area contributed by atoms with Gasteiger partial charge in [-0.25, -0.2) is 9.98 Å². The van der Waals surface area contributed by atoms with Gasteiger partial charge in [-0.05, 0) is 89.1 Å². The van der Waals surface area contributed by atoms with E-state index in [-0.39, 0.29) is 0 Å². The zero-order chi connectivity index (χ0) is 42.4. The molecule has 310 valence electrons. The van der Waals surface area contributed by atoms with Gasteiger partial charge in [-0.1, -0.05) is 107 Å². The number of hydrogen-bond acceptors (Lipinski definition) is 8. The molecule has 2 unspecified atom stereocenters. The highest BCUT2D eigenvalue weighted by molar-refractivity contribution is 5.92. The molecule has 0 aliphatic heterocycles. The maximum absolute atomic E-state index is 6.62. The molecule has 6 aromatic rings. The number of benzene rings is 6. The number of unbranched alkanes of at least 4 members (excludes halogenated alkanes) is 1. The van der Waals surface area contributed by atoms with Crippen molar-refractivity contribution < 1.29 is 28.4 Å². The molecule has 0 aromatic heterocycles. The lowest BCUT2D eigenvalue weighted by Crippen LogP contribution is -2.19. The molecule has 60 heavy (non-hydrogen) atoms. The largest absolute Gasteiger partial charge is 0.496 e. The van der Waals surface area contributed by atoms with Crippen LogP contribution < -0.4 is 18.9 Å². The number of rotatable bonds is 17. The lowest BCUT2D eigenvalue weighted by atomic mass is 9.87. The summed E-state index contributed by atoms with van der Waals surface area (Å²) in [5.74, 6) is 3.29. The van der Waals surface area contributed by atoms with Crippen LogP contribution >= 0.6 is 0 Å².